The molecule has 2 aromatic carbocycles. The minimum Gasteiger partial charge on any atom is -0.385 e. The van der Waals surface area contributed by atoms with Crippen LogP contribution in [0.2, 0.25) is 0 Å². The Morgan fingerprint density at radius 2 is 2.03 bits per heavy atom. The van der Waals surface area contributed by atoms with Crippen molar-refractivity contribution in [3.8, 4) is 0 Å². The molecule has 0 fully saturated rings. The van der Waals surface area contributed by atoms with E-state index in [4.69, 9.17) is 0 Å². The average molecular weight is 449 g/mol. The van der Waals surface area contributed by atoms with Crippen LogP contribution in [-0.4, -0.2) is 6.21 Å². The van der Waals surface area contributed by atoms with E-state index in [9.17, 15) is 0 Å². The van der Waals surface area contributed by atoms with E-state index >= 15 is 0 Å². The molecule has 0 aromatic heterocycles. The Balaban J connectivity index is 1.31. The number of hydrogen-bond acceptors (Lipinski definition) is 2. The van der Waals surface area contributed by atoms with E-state index in [2.05, 4.69) is 98.0 Å². The average Bonchev–Trinajstić information content (AvgIpc) is 2.85. The van der Waals surface area contributed by atoms with Crippen molar-refractivity contribution in [3.63, 3.8) is 0 Å². The summed E-state index contributed by atoms with van der Waals surface area (Å²) in [7, 11) is 0. The number of benzene rings is 2. The predicted octanol–water partition coefficient (Wildman–Crippen LogP) is 8.28. The van der Waals surface area contributed by atoms with Gasteiger partial charge in [0.15, 0.2) is 0 Å². The van der Waals surface area contributed by atoms with Crippen molar-refractivity contribution in [2.45, 2.75) is 58.9 Å². The summed E-state index contributed by atoms with van der Waals surface area (Å²) < 4.78 is 0. The lowest BCUT2D eigenvalue weighted by Crippen LogP contribution is -2.12. The van der Waals surface area contributed by atoms with Gasteiger partial charge in [-0.1, -0.05) is 67.8 Å². The molecule has 174 valence electrons. The second-order valence-corrected chi connectivity index (χ2v) is 9.29. The van der Waals surface area contributed by atoms with Crippen molar-refractivity contribution in [2.24, 2.45) is 4.99 Å². The van der Waals surface area contributed by atoms with Crippen molar-refractivity contribution >= 4 is 23.6 Å². The Hall–Kier alpha value is -3.39. The third-order valence-electron chi connectivity index (χ3n) is 6.71. The van der Waals surface area contributed by atoms with Gasteiger partial charge in [-0.05, 0) is 97.4 Å². The lowest BCUT2D eigenvalue weighted by molar-refractivity contribution is 0.710. The largest absolute Gasteiger partial charge is 0.385 e. The van der Waals surface area contributed by atoms with Crippen LogP contribution >= 0.6 is 0 Å². The molecule has 0 bridgehead atoms. The Morgan fingerprint density at radius 3 is 2.82 bits per heavy atom. The van der Waals surface area contributed by atoms with E-state index in [-0.39, 0.29) is 0 Å². The highest BCUT2D eigenvalue weighted by Gasteiger charge is 2.18. The van der Waals surface area contributed by atoms with Gasteiger partial charge in [0, 0.05) is 24.0 Å². The van der Waals surface area contributed by atoms with Crippen LogP contribution in [0.25, 0.3) is 17.3 Å². The predicted molar refractivity (Wildman–Crippen MR) is 149 cm³/mol. The van der Waals surface area contributed by atoms with Gasteiger partial charge in [-0.15, -0.1) is 0 Å². The van der Waals surface area contributed by atoms with Crippen LogP contribution in [0.15, 0.2) is 89.6 Å². The highest BCUT2D eigenvalue weighted by Crippen LogP contribution is 2.36. The normalized spacial score (nSPS) is 15.5. The van der Waals surface area contributed by atoms with E-state index < -0.39 is 0 Å². The number of rotatable bonds is 9. The first-order valence-electron chi connectivity index (χ1n) is 12.4. The van der Waals surface area contributed by atoms with Crippen LogP contribution in [0.3, 0.4) is 0 Å². The molecular formula is C32H36N2. The molecule has 34 heavy (non-hydrogen) atoms. The Bertz CT molecular complexity index is 1200. The van der Waals surface area contributed by atoms with Crippen LogP contribution in [0.4, 0.5) is 0 Å². The van der Waals surface area contributed by atoms with E-state index in [1.54, 1.807) is 0 Å². The highest BCUT2D eigenvalue weighted by atomic mass is 14.9. The molecule has 0 amide bonds. The molecule has 2 heteroatoms. The Kier molecular flexibility index (Phi) is 7.80. The maximum Gasteiger partial charge on any atom is 0.0658 e. The Morgan fingerprint density at radius 1 is 1.15 bits per heavy atom. The molecule has 1 heterocycles. The fourth-order valence-electron chi connectivity index (χ4n) is 4.89. The highest BCUT2D eigenvalue weighted by molar-refractivity contribution is 5.78. The quantitative estimate of drug-likeness (QED) is 0.410. The molecule has 0 unspecified atom stereocenters. The lowest BCUT2D eigenvalue weighted by atomic mass is 9.81. The molecule has 0 spiro atoms. The zero-order valence-electron chi connectivity index (χ0n) is 20.7. The standard InChI is InChI=1S/C32H36N2/c1-5-10-26-16-17-31-25(4)30(23(2)19-29(31)20-26)14-8-11-24(3)34-22-27-12-9-13-28(21-27)32-15-6-7-18-33-32/h5,9-10,12-13,15-18,20-21,34H,2-3,6-8,11,14,19,22H2,1,4H3/b10-5-. The van der Waals surface area contributed by atoms with Gasteiger partial charge in [0.2, 0.25) is 0 Å². The maximum absolute atomic E-state index is 4.54. The molecule has 2 aliphatic rings. The van der Waals surface area contributed by atoms with E-state index in [1.165, 1.54) is 44.5 Å². The molecule has 0 radical (unpaired) electrons. The fourth-order valence-corrected chi connectivity index (χ4v) is 4.89. The minimum absolute atomic E-state index is 0.792. The van der Waals surface area contributed by atoms with E-state index in [0.29, 0.717) is 0 Å². The van der Waals surface area contributed by atoms with Crippen LogP contribution in [0.1, 0.15) is 73.8 Å². The van der Waals surface area contributed by atoms with Crippen LogP contribution in [0, 0.1) is 0 Å². The maximum atomic E-state index is 4.54. The topological polar surface area (TPSA) is 24.4 Å². The summed E-state index contributed by atoms with van der Waals surface area (Å²) in [6, 6.07) is 15.4. The second kappa shape index (κ2) is 11.2. The number of aliphatic imine (C=N–C) groups is 1. The first kappa shape index (κ1) is 23.8. The zero-order chi connectivity index (χ0) is 23.9. The summed E-state index contributed by atoms with van der Waals surface area (Å²) in [5.41, 5.74) is 12.7. The summed E-state index contributed by atoms with van der Waals surface area (Å²) >= 11 is 0. The molecule has 1 N–H and O–H groups in total. The van der Waals surface area contributed by atoms with Crippen molar-refractivity contribution in [2.75, 3.05) is 0 Å². The molecule has 4 rings (SSSR count). The summed E-state index contributed by atoms with van der Waals surface area (Å²) in [6.07, 6.45) is 14.6. The van der Waals surface area contributed by atoms with Gasteiger partial charge in [-0.3, -0.25) is 4.99 Å². The van der Waals surface area contributed by atoms with Crippen LogP contribution in [-0.2, 0) is 13.0 Å². The molecule has 0 saturated carbocycles. The van der Waals surface area contributed by atoms with Crippen LogP contribution in [0.5, 0.6) is 0 Å². The van der Waals surface area contributed by atoms with Gasteiger partial charge in [-0.2, -0.15) is 0 Å². The summed E-state index contributed by atoms with van der Waals surface area (Å²) in [6.45, 7) is 13.8. The monoisotopic (exact) mass is 448 g/mol. The van der Waals surface area contributed by atoms with Gasteiger partial charge >= 0.3 is 0 Å². The van der Waals surface area contributed by atoms with E-state index in [0.717, 1.165) is 56.5 Å². The first-order valence-corrected chi connectivity index (χ1v) is 12.4. The third kappa shape index (κ3) is 5.75. The van der Waals surface area contributed by atoms with Gasteiger partial charge < -0.3 is 5.32 Å². The van der Waals surface area contributed by atoms with Gasteiger partial charge in [0.05, 0.1) is 5.70 Å². The van der Waals surface area contributed by atoms with Crippen molar-refractivity contribution in [1.82, 2.24) is 5.32 Å². The summed E-state index contributed by atoms with van der Waals surface area (Å²) in [5, 5.41) is 3.53. The van der Waals surface area contributed by atoms with Gasteiger partial charge in [-0.25, -0.2) is 0 Å². The number of nitrogens with zero attached hydrogens (tertiary/aromatic N) is 1. The number of hydrogen-bond donors (Lipinski definition) is 1. The fraction of sp³-hybridized carbons (Fsp3) is 0.281. The minimum atomic E-state index is 0.792. The van der Waals surface area contributed by atoms with Crippen molar-refractivity contribution in [3.05, 3.63) is 112 Å². The molecule has 2 aromatic rings. The van der Waals surface area contributed by atoms with Crippen molar-refractivity contribution in [1.29, 1.82) is 0 Å². The smallest absolute Gasteiger partial charge is 0.0658 e. The number of fused-ring (bicyclic) bond motifs is 1. The molecule has 1 aliphatic carbocycles. The van der Waals surface area contributed by atoms with Gasteiger partial charge in [0.1, 0.15) is 0 Å². The SMILES string of the molecule is C=C(CCCC1=C(C)c2ccc(/C=C\C)cc2CC1=C)NCc1cccc(C2=CCCC=N2)c1. The molecular weight excluding hydrogens is 412 g/mol. The molecule has 0 atom stereocenters. The van der Waals surface area contributed by atoms with Crippen LogP contribution < -0.4 is 5.32 Å². The van der Waals surface area contributed by atoms with Crippen molar-refractivity contribution < 1.29 is 0 Å². The molecule has 2 nitrogen and oxygen atoms in total. The molecule has 0 saturated heterocycles. The molecule has 1 aliphatic heterocycles. The number of nitrogens with one attached hydrogen (secondary N) is 1. The third-order valence-corrected chi connectivity index (χ3v) is 6.71. The summed E-state index contributed by atoms with van der Waals surface area (Å²) in [4.78, 5) is 4.54. The number of allylic oxidation sites excluding steroid dienone is 6. The zero-order valence-corrected chi connectivity index (χ0v) is 20.7. The first-order chi connectivity index (χ1) is 16.5. The van der Waals surface area contributed by atoms with Gasteiger partial charge in [0.25, 0.3) is 0 Å². The second-order valence-electron chi connectivity index (χ2n) is 9.29. The summed E-state index contributed by atoms with van der Waals surface area (Å²) in [5.74, 6) is 0. The lowest BCUT2D eigenvalue weighted by Gasteiger charge is -2.24. The Labute approximate surface area is 205 Å². The van der Waals surface area contributed by atoms with E-state index in [1.807, 2.05) is 6.21 Å².